The summed E-state index contributed by atoms with van der Waals surface area (Å²) in [5, 5.41) is 1.70. The molecule has 0 unspecified atom stereocenters. The molecule has 4 nitrogen and oxygen atoms in total. The second-order valence-corrected chi connectivity index (χ2v) is 3.04. The Balaban J connectivity index is 2.30. The van der Waals surface area contributed by atoms with Crippen molar-refractivity contribution in [1.82, 2.24) is 5.32 Å². The SMILES string of the molecule is NC1(CNC(=O)C(F)(F)F)COC1. The molecule has 1 aliphatic heterocycles. The van der Waals surface area contributed by atoms with Gasteiger partial charge < -0.3 is 15.8 Å². The minimum absolute atomic E-state index is 0.172. The van der Waals surface area contributed by atoms with E-state index in [9.17, 15) is 18.0 Å². The van der Waals surface area contributed by atoms with E-state index in [-0.39, 0.29) is 19.8 Å². The van der Waals surface area contributed by atoms with Crippen molar-refractivity contribution in [3.63, 3.8) is 0 Å². The van der Waals surface area contributed by atoms with E-state index < -0.39 is 17.6 Å². The molecular formula is C6H9F3N2O2. The Morgan fingerprint density at radius 2 is 2.08 bits per heavy atom. The standard InChI is InChI=1S/C6H9F3N2O2/c7-6(8,9)4(12)11-1-5(10)2-13-3-5/h1-3,10H2,(H,11,12). The van der Waals surface area contributed by atoms with E-state index in [4.69, 9.17) is 10.5 Å². The van der Waals surface area contributed by atoms with Gasteiger partial charge in [-0.2, -0.15) is 13.2 Å². The zero-order valence-electron chi connectivity index (χ0n) is 6.65. The molecule has 1 heterocycles. The van der Waals surface area contributed by atoms with E-state index in [1.54, 1.807) is 5.32 Å². The summed E-state index contributed by atoms with van der Waals surface area (Å²) in [6, 6.07) is 0. The highest BCUT2D eigenvalue weighted by Gasteiger charge is 2.41. The minimum atomic E-state index is -4.85. The van der Waals surface area contributed by atoms with Crippen molar-refractivity contribution in [2.45, 2.75) is 11.7 Å². The van der Waals surface area contributed by atoms with Crippen molar-refractivity contribution < 1.29 is 22.7 Å². The highest BCUT2D eigenvalue weighted by Crippen LogP contribution is 2.16. The summed E-state index contributed by atoms with van der Waals surface area (Å²) < 4.78 is 39.7. The van der Waals surface area contributed by atoms with Gasteiger partial charge in [0.2, 0.25) is 0 Å². The Hall–Kier alpha value is -0.820. The lowest BCUT2D eigenvalue weighted by Crippen LogP contribution is -2.64. The van der Waals surface area contributed by atoms with Crippen LogP contribution < -0.4 is 11.1 Å². The number of hydrogen-bond donors (Lipinski definition) is 2. The third kappa shape index (κ3) is 2.56. The first kappa shape index (κ1) is 10.3. The molecule has 1 saturated heterocycles. The molecule has 0 aromatic rings. The van der Waals surface area contributed by atoms with Gasteiger partial charge in [0.25, 0.3) is 0 Å². The average Bonchev–Trinajstić information content (AvgIpc) is 1.94. The Kier molecular flexibility index (Phi) is 2.49. The number of halogens is 3. The van der Waals surface area contributed by atoms with Crippen molar-refractivity contribution in [3.05, 3.63) is 0 Å². The number of carbonyl (C=O) groups is 1. The highest BCUT2D eigenvalue weighted by molar-refractivity contribution is 5.81. The molecule has 3 N–H and O–H groups in total. The smallest absolute Gasteiger partial charge is 0.377 e. The number of hydrogen-bond acceptors (Lipinski definition) is 3. The molecule has 0 aromatic carbocycles. The number of nitrogens with two attached hydrogens (primary N) is 1. The van der Waals surface area contributed by atoms with Gasteiger partial charge in [-0.05, 0) is 0 Å². The summed E-state index contributed by atoms with van der Waals surface area (Å²) >= 11 is 0. The molecule has 1 fully saturated rings. The molecular weight excluding hydrogens is 189 g/mol. The molecule has 0 radical (unpaired) electrons. The molecule has 13 heavy (non-hydrogen) atoms. The van der Waals surface area contributed by atoms with Crippen LogP contribution in [0.25, 0.3) is 0 Å². The number of ether oxygens (including phenoxy) is 1. The van der Waals surface area contributed by atoms with Crippen LogP contribution in [0.3, 0.4) is 0 Å². The van der Waals surface area contributed by atoms with Crippen molar-refractivity contribution in [1.29, 1.82) is 0 Å². The summed E-state index contributed by atoms with van der Waals surface area (Å²) in [6.45, 7) is 0.127. The van der Waals surface area contributed by atoms with Gasteiger partial charge >= 0.3 is 12.1 Å². The lowest BCUT2D eigenvalue weighted by Gasteiger charge is -2.37. The number of amides is 1. The zero-order chi connectivity index (χ0) is 10.1. The lowest BCUT2D eigenvalue weighted by molar-refractivity contribution is -0.174. The van der Waals surface area contributed by atoms with Crippen LogP contribution in [0.1, 0.15) is 0 Å². The molecule has 0 spiro atoms. The first-order valence-electron chi connectivity index (χ1n) is 3.55. The van der Waals surface area contributed by atoms with Crippen LogP contribution in [-0.2, 0) is 9.53 Å². The van der Waals surface area contributed by atoms with Crippen LogP contribution in [0.2, 0.25) is 0 Å². The van der Waals surface area contributed by atoms with Crippen molar-refractivity contribution in [3.8, 4) is 0 Å². The topological polar surface area (TPSA) is 64.3 Å². The summed E-state index contributed by atoms with van der Waals surface area (Å²) in [7, 11) is 0. The molecule has 0 aliphatic carbocycles. The predicted molar refractivity (Wildman–Crippen MR) is 36.8 cm³/mol. The summed E-state index contributed by atoms with van der Waals surface area (Å²) in [5.41, 5.74) is 4.65. The van der Waals surface area contributed by atoms with Crippen molar-refractivity contribution in [2.24, 2.45) is 5.73 Å². The van der Waals surface area contributed by atoms with Crippen LogP contribution in [0, 0.1) is 0 Å². The minimum Gasteiger partial charge on any atom is -0.377 e. The van der Waals surface area contributed by atoms with Gasteiger partial charge in [-0.3, -0.25) is 4.79 Å². The molecule has 1 rings (SSSR count). The second kappa shape index (κ2) is 3.15. The third-order valence-electron chi connectivity index (χ3n) is 1.64. The molecule has 0 aromatic heterocycles. The fourth-order valence-corrected chi connectivity index (χ4v) is 0.823. The molecule has 7 heteroatoms. The average molecular weight is 198 g/mol. The van der Waals surface area contributed by atoms with Crippen molar-refractivity contribution >= 4 is 5.91 Å². The molecule has 0 atom stereocenters. The van der Waals surface area contributed by atoms with E-state index in [0.717, 1.165) is 0 Å². The molecule has 1 aliphatic rings. The van der Waals surface area contributed by atoms with Gasteiger partial charge in [-0.25, -0.2) is 0 Å². The fraction of sp³-hybridized carbons (Fsp3) is 0.833. The van der Waals surface area contributed by atoms with Crippen LogP contribution in [0.4, 0.5) is 13.2 Å². The number of carbonyl (C=O) groups excluding carboxylic acids is 1. The number of alkyl halides is 3. The summed E-state index contributed by atoms with van der Waals surface area (Å²) in [5.74, 6) is -1.97. The van der Waals surface area contributed by atoms with Gasteiger partial charge in [-0.15, -0.1) is 0 Å². The first-order valence-corrected chi connectivity index (χ1v) is 3.55. The van der Waals surface area contributed by atoms with Crippen LogP contribution in [0.5, 0.6) is 0 Å². The molecule has 1 amide bonds. The fourth-order valence-electron chi connectivity index (χ4n) is 0.823. The normalized spacial score (nSPS) is 20.6. The Bertz CT molecular complexity index is 212. The first-order chi connectivity index (χ1) is 5.83. The van der Waals surface area contributed by atoms with Crippen molar-refractivity contribution in [2.75, 3.05) is 19.8 Å². The molecule has 0 saturated carbocycles. The highest BCUT2D eigenvalue weighted by atomic mass is 19.4. The molecule has 0 bridgehead atoms. The number of rotatable bonds is 2. The van der Waals surface area contributed by atoms with Gasteiger partial charge in [0.15, 0.2) is 0 Å². The number of nitrogens with one attached hydrogen (secondary N) is 1. The quantitative estimate of drug-likeness (QED) is 0.622. The van der Waals surface area contributed by atoms with E-state index in [2.05, 4.69) is 0 Å². The Morgan fingerprint density at radius 1 is 1.54 bits per heavy atom. The van der Waals surface area contributed by atoms with E-state index in [1.807, 2.05) is 0 Å². The second-order valence-electron chi connectivity index (χ2n) is 3.04. The van der Waals surface area contributed by atoms with Gasteiger partial charge in [0.05, 0.1) is 18.8 Å². The van der Waals surface area contributed by atoms with Crippen LogP contribution >= 0.6 is 0 Å². The molecule has 76 valence electrons. The van der Waals surface area contributed by atoms with Gasteiger partial charge in [0, 0.05) is 6.54 Å². The predicted octanol–water partition coefficient (Wildman–Crippen LogP) is -0.607. The maximum atomic E-state index is 11.7. The van der Waals surface area contributed by atoms with E-state index in [1.165, 1.54) is 0 Å². The maximum absolute atomic E-state index is 11.7. The Labute approximate surface area is 72.2 Å². The summed E-state index contributed by atoms with van der Waals surface area (Å²) in [4.78, 5) is 10.3. The van der Waals surface area contributed by atoms with E-state index in [0.29, 0.717) is 0 Å². The lowest BCUT2D eigenvalue weighted by atomic mass is 9.99. The van der Waals surface area contributed by atoms with Gasteiger partial charge in [0.1, 0.15) is 0 Å². The summed E-state index contributed by atoms with van der Waals surface area (Å²) in [6.07, 6.45) is -4.85. The zero-order valence-corrected chi connectivity index (χ0v) is 6.65. The van der Waals surface area contributed by atoms with Gasteiger partial charge in [-0.1, -0.05) is 0 Å². The maximum Gasteiger partial charge on any atom is 0.471 e. The van der Waals surface area contributed by atoms with Crippen LogP contribution in [0.15, 0.2) is 0 Å². The monoisotopic (exact) mass is 198 g/mol. The largest absolute Gasteiger partial charge is 0.471 e. The third-order valence-corrected chi connectivity index (χ3v) is 1.64. The van der Waals surface area contributed by atoms with E-state index >= 15 is 0 Å². The van der Waals surface area contributed by atoms with Crippen LogP contribution in [-0.4, -0.2) is 37.4 Å². The Morgan fingerprint density at radius 3 is 2.38 bits per heavy atom.